The van der Waals surface area contributed by atoms with E-state index < -0.39 is 25.9 Å². The zero-order valence-electron chi connectivity index (χ0n) is 31.7. The van der Waals surface area contributed by atoms with Crippen LogP contribution in [-0.2, 0) is 16.4 Å². The van der Waals surface area contributed by atoms with E-state index in [1.54, 1.807) is 0 Å². The van der Waals surface area contributed by atoms with Gasteiger partial charge in [0.25, 0.3) is 0 Å². The molecule has 0 fully saturated rings. The first-order valence-electron chi connectivity index (χ1n) is 19.8. The summed E-state index contributed by atoms with van der Waals surface area (Å²) in [4.78, 5) is 0. The molecule has 0 saturated heterocycles. The van der Waals surface area contributed by atoms with E-state index in [4.69, 9.17) is 0 Å². The Hall–Kier alpha value is -3.52. The summed E-state index contributed by atoms with van der Waals surface area (Å²) in [6, 6.07) is 47.4. The van der Waals surface area contributed by atoms with Crippen molar-refractivity contribution in [1.82, 2.24) is 0 Å². The molecular formula is C50H47Cl2SiZr. The Morgan fingerprint density at radius 1 is 0.537 bits per heavy atom. The van der Waals surface area contributed by atoms with Crippen LogP contribution >= 0.6 is 17.0 Å². The van der Waals surface area contributed by atoms with Crippen molar-refractivity contribution >= 4 is 52.3 Å². The van der Waals surface area contributed by atoms with Crippen LogP contribution in [0, 0.1) is 13.8 Å². The van der Waals surface area contributed by atoms with Gasteiger partial charge in [0.1, 0.15) is 0 Å². The van der Waals surface area contributed by atoms with E-state index in [1.807, 2.05) is 0 Å². The third-order valence-corrected chi connectivity index (χ3v) is 35.4. The molecule has 6 aromatic rings. The molecule has 0 spiro atoms. The molecule has 1 heterocycles. The van der Waals surface area contributed by atoms with E-state index in [-0.39, 0.29) is 7.25 Å². The van der Waals surface area contributed by atoms with Crippen LogP contribution in [-0.4, -0.2) is 9.52 Å². The van der Waals surface area contributed by atoms with Gasteiger partial charge in [0.2, 0.25) is 0 Å². The van der Waals surface area contributed by atoms with Gasteiger partial charge in [0, 0.05) is 0 Å². The van der Waals surface area contributed by atoms with E-state index in [0.29, 0.717) is 0 Å². The second kappa shape index (κ2) is 13.9. The molecule has 1 aliphatic heterocycles. The van der Waals surface area contributed by atoms with Crippen LogP contribution in [0.4, 0.5) is 0 Å². The summed E-state index contributed by atoms with van der Waals surface area (Å²) in [7, 11) is 17.7. The zero-order chi connectivity index (χ0) is 37.2. The average molecular weight is 838 g/mol. The van der Waals surface area contributed by atoms with Gasteiger partial charge in [-0.25, -0.2) is 0 Å². The summed E-state index contributed by atoms with van der Waals surface area (Å²) in [5, 5.41) is 2.98. The van der Waals surface area contributed by atoms with Crippen molar-refractivity contribution in [1.29, 1.82) is 0 Å². The molecule has 0 radical (unpaired) electrons. The summed E-state index contributed by atoms with van der Waals surface area (Å²) < 4.78 is 1.19. The minimum absolute atomic E-state index is 0.0605. The Labute approximate surface area is 332 Å². The van der Waals surface area contributed by atoms with E-state index in [2.05, 4.69) is 167 Å². The fraction of sp³-hybridized carbons (Fsp3) is 0.200. The third kappa shape index (κ3) is 5.46. The van der Waals surface area contributed by atoms with Gasteiger partial charge in [0.15, 0.2) is 0 Å². The Bertz CT molecular complexity index is 2390. The van der Waals surface area contributed by atoms with E-state index in [9.17, 15) is 17.0 Å². The van der Waals surface area contributed by atoms with Gasteiger partial charge in [-0.15, -0.1) is 0 Å². The van der Waals surface area contributed by atoms with Crippen LogP contribution in [0.25, 0.3) is 45.5 Å². The van der Waals surface area contributed by atoms with Crippen LogP contribution in [0.2, 0.25) is 0 Å². The van der Waals surface area contributed by atoms with Gasteiger partial charge >= 0.3 is 335 Å². The molecule has 0 aromatic heterocycles. The maximum atomic E-state index is 9.27. The monoisotopic (exact) mass is 835 g/mol. The second-order valence-electron chi connectivity index (χ2n) is 15.9. The predicted octanol–water partition coefficient (Wildman–Crippen LogP) is 12.2. The molecule has 2 atom stereocenters. The number of allylic oxidation sites excluding steroid dienone is 2. The molecule has 54 heavy (non-hydrogen) atoms. The van der Waals surface area contributed by atoms with Crippen molar-refractivity contribution in [2.75, 3.05) is 0 Å². The molecule has 0 amide bonds. The molecule has 0 bridgehead atoms. The Kier molecular flexibility index (Phi) is 9.30. The van der Waals surface area contributed by atoms with Gasteiger partial charge in [-0.2, -0.15) is 0 Å². The average Bonchev–Trinajstić information content (AvgIpc) is 3.87. The first-order valence-corrected chi connectivity index (χ1v) is 31.6. The number of halogens is 2. The molecule has 6 aromatic carbocycles. The topological polar surface area (TPSA) is 0 Å². The van der Waals surface area contributed by atoms with E-state index >= 15 is 0 Å². The van der Waals surface area contributed by atoms with Gasteiger partial charge in [-0.05, 0) is 0 Å². The number of hydrogen-bond donors (Lipinski definition) is 0. The van der Waals surface area contributed by atoms with Gasteiger partial charge in [-0.1, -0.05) is 0 Å². The normalized spacial score (nSPS) is 18.0. The molecule has 3 aliphatic rings. The molecule has 2 aliphatic carbocycles. The van der Waals surface area contributed by atoms with Crippen LogP contribution in [0.1, 0.15) is 80.2 Å². The van der Waals surface area contributed by atoms with E-state index in [1.165, 1.54) is 91.6 Å². The molecular weight excluding hydrogens is 791 g/mol. The second-order valence-corrected chi connectivity index (χ2v) is 38.3. The molecule has 269 valence electrons. The fourth-order valence-electron chi connectivity index (χ4n) is 10.6. The quantitative estimate of drug-likeness (QED) is 0.127. The summed E-state index contributed by atoms with van der Waals surface area (Å²) in [6.07, 6.45) is 9.07. The zero-order valence-corrected chi connectivity index (χ0v) is 37.1. The van der Waals surface area contributed by atoms with Crippen LogP contribution < -0.4 is 13.6 Å². The van der Waals surface area contributed by atoms with Crippen LogP contribution in [0.15, 0.2) is 139 Å². The summed E-state index contributed by atoms with van der Waals surface area (Å²) in [6.45, 7) is 9.13. The number of rotatable bonds is 9. The Morgan fingerprint density at radius 3 is 1.54 bits per heavy atom. The SMILES string of the molecule is CCCC1=Cc2c(ccc(C)c2-c2ccccc2)[CH]1[Zr]([Cl])([Cl])([c]1cccc2c1[SiH2]c1ccccc1-2)[CH]1C(CCC)=Cc2c1ccc(C)c2-c1ccccc1. The third-order valence-electron chi connectivity index (χ3n) is 12.6. The molecule has 0 nitrogen and oxygen atoms in total. The number of fused-ring (bicyclic) bond motifs is 5. The maximum absolute atomic E-state index is 9.27. The fourth-order valence-corrected chi connectivity index (χ4v) is 38.5. The molecule has 2 unspecified atom stereocenters. The Morgan fingerprint density at radius 2 is 1.02 bits per heavy atom. The molecule has 0 saturated carbocycles. The summed E-state index contributed by atoms with van der Waals surface area (Å²) in [5.41, 5.74) is 18.6. The van der Waals surface area contributed by atoms with Crippen molar-refractivity contribution in [3.8, 4) is 33.4 Å². The first-order chi connectivity index (χ1) is 26.2. The summed E-state index contributed by atoms with van der Waals surface area (Å²) in [5.74, 6) is 0. The standard InChI is InChI=1S/2C19H19.C12H9Si.2ClH.Zr/c2*1-3-7-15-12-17-11-10-14(2)19(18(17)13-15)16-8-5-4-6-9-16;1-3-7-11-9(5-1)10-6-2-4-8-12(10)13-11;;;/h2*4-6,8-13H,3,7H2,1-2H3;1-7H,13H2;2*1H;/q;;;;;+2/p-2. The van der Waals surface area contributed by atoms with Gasteiger partial charge < -0.3 is 0 Å². The molecule has 4 heteroatoms. The number of hydrogen-bond acceptors (Lipinski definition) is 0. The Balaban J connectivity index is 1.39. The van der Waals surface area contributed by atoms with Gasteiger partial charge in [0.05, 0.1) is 0 Å². The number of aryl methyl sites for hydroxylation is 2. The minimum atomic E-state index is -5.55. The van der Waals surface area contributed by atoms with Gasteiger partial charge in [-0.3, -0.25) is 0 Å². The first kappa shape index (κ1) is 36.1. The molecule has 0 N–H and O–H groups in total. The van der Waals surface area contributed by atoms with Crippen molar-refractivity contribution in [2.24, 2.45) is 0 Å². The predicted molar refractivity (Wildman–Crippen MR) is 236 cm³/mol. The van der Waals surface area contributed by atoms with Crippen molar-refractivity contribution in [3.05, 3.63) is 172 Å². The summed E-state index contributed by atoms with van der Waals surface area (Å²) >= 11 is -5.55. The van der Waals surface area contributed by atoms with E-state index in [0.717, 1.165) is 25.7 Å². The van der Waals surface area contributed by atoms with Crippen molar-refractivity contribution in [3.63, 3.8) is 0 Å². The van der Waals surface area contributed by atoms with Crippen LogP contribution in [0.3, 0.4) is 0 Å². The van der Waals surface area contributed by atoms with Crippen LogP contribution in [0.5, 0.6) is 0 Å². The number of benzene rings is 6. The molecule has 9 rings (SSSR count). The van der Waals surface area contributed by atoms with Crippen molar-refractivity contribution in [2.45, 2.75) is 60.6 Å². The van der Waals surface area contributed by atoms with Crippen molar-refractivity contribution < 1.29 is 16.4 Å².